The van der Waals surface area contributed by atoms with Crippen molar-refractivity contribution >= 4 is 29.0 Å². The quantitative estimate of drug-likeness (QED) is 0.414. The first-order valence-electron chi connectivity index (χ1n) is 4.72. The number of halogens is 1. The fraction of sp³-hybridized carbons (Fsp3) is 0.200. The van der Waals surface area contributed by atoms with Crippen LogP contribution in [0, 0.1) is 5.82 Å². The Morgan fingerprint density at radius 2 is 2.19 bits per heavy atom. The van der Waals surface area contributed by atoms with Crippen molar-refractivity contribution in [2.45, 2.75) is 13.3 Å². The first-order chi connectivity index (χ1) is 7.54. The first-order valence-corrected chi connectivity index (χ1v) is 5.13. The van der Waals surface area contributed by atoms with Gasteiger partial charge in [0, 0.05) is 0 Å². The molecule has 1 rings (SSSR count). The fourth-order valence-electron chi connectivity index (χ4n) is 1.26. The number of hydrogen-bond donors (Lipinski definition) is 3. The minimum absolute atomic E-state index is 0.0415. The normalized spacial score (nSPS) is 9.62. The summed E-state index contributed by atoms with van der Waals surface area (Å²) in [6.07, 6.45) is 0.685. The molecule has 0 bridgehead atoms. The molecule has 5 N–H and O–H groups in total. The molecule has 1 aromatic rings. The van der Waals surface area contributed by atoms with Crippen LogP contribution in [0.15, 0.2) is 23.2 Å². The maximum absolute atomic E-state index is 13.5. The zero-order chi connectivity index (χ0) is 12.1. The Morgan fingerprint density at radius 1 is 1.50 bits per heavy atom. The van der Waals surface area contributed by atoms with E-state index in [1.54, 1.807) is 6.07 Å². The van der Waals surface area contributed by atoms with Gasteiger partial charge in [0.1, 0.15) is 5.82 Å². The van der Waals surface area contributed by atoms with Gasteiger partial charge in [0.25, 0.3) is 0 Å². The van der Waals surface area contributed by atoms with Gasteiger partial charge in [-0.3, -0.25) is 0 Å². The number of hydrogen-bond acceptors (Lipinski definition) is 1. The van der Waals surface area contributed by atoms with E-state index in [0.29, 0.717) is 12.1 Å². The molecular weight excluding hydrogens is 227 g/mol. The summed E-state index contributed by atoms with van der Waals surface area (Å²) in [6.45, 7) is 1.92. The van der Waals surface area contributed by atoms with Crippen molar-refractivity contribution in [3.05, 3.63) is 29.6 Å². The van der Waals surface area contributed by atoms with Crippen LogP contribution in [0.2, 0.25) is 0 Å². The number of nitrogens with one attached hydrogen (secondary N) is 1. The highest BCUT2D eigenvalue weighted by Crippen LogP contribution is 2.20. The Morgan fingerprint density at radius 3 is 2.75 bits per heavy atom. The second-order valence-corrected chi connectivity index (χ2v) is 3.48. The number of aliphatic imine (C=N–C) groups is 1. The summed E-state index contributed by atoms with van der Waals surface area (Å²) < 4.78 is 13.5. The van der Waals surface area contributed by atoms with Crippen molar-refractivity contribution in [2.24, 2.45) is 16.5 Å². The minimum Gasteiger partial charge on any atom is -0.370 e. The lowest BCUT2D eigenvalue weighted by atomic mass is 10.1. The van der Waals surface area contributed by atoms with Crippen molar-refractivity contribution in [1.82, 2.24) is 0 Å². The number of thiocarbonyl (C=S) groups is 1. The van der Waals surface area contributed by atoms with Crippen LogP contribution in [0.4, 0.5) is 10.1 Å². The molecule has 6 heteroatoms. The standard InChI is InChI=1S/C10H13FN4S/c1-2-6-4-3-5-7(11)8(6)14-10(16)15-9(12)13/h3-5H,2H2,1H3,(H5,12,13,14,15,16). The van der Waals surface area contributed by atoms with E-state index in [0.717, 1.165) is 5.56 Å². The number of para-hydroxylation sites is 1. The Bertz CT molecular complexity index is 427. The predicted molar refractivity (Wildman–Crippen MR) is 67.8 cm³/mol. The summed E-state index contributed by atoms with van der Waals surface area (Å²) in [5.41, 5.74) is 11.5. The van der Waals surface area contributed by atoms with Crippen LogP contribution >= 0.6 is 12.2 Å². The zero-order valence-corrected chi connectivity index (χ0v) is 9.64. The van der Waals surface area contributed by atoms with Gasteiger partial charge in [-0.1, -0.05) is 19.1 Å². The van der Waals surface area contributed by atoms with Crippen LogP contribution in [0.1, 0.15) is 12.5 Å². The Balaban J connectivity index is 2.96. The number of aryl methyl sites for hydroxylation is 1. The molecule has 0 saturated carbocycles. The topological polar surface area (TPSA) is 76.4 Å². The molecule has 0 aliphatic rings. The van der Waals surface area contributed by atoms with E-state index in [4.69, 9.17) is 23.7 Å². The Labute approximate surface area is 98.5 Å². The summed E-state index contributed by atoms with van der Waals surface area (Å²) in [7, 11) is 0. The van der Waals surface area contributed by atoms with Crippen molar-refractivity contribution in [2.75, 3.05) is 5.32 Å². The summed E-state index contributed by atoms with van der Waals surface area (Å²) in [5, 5.41) is 2.71. The average Bonchev–Trinajstić information content (AvgIpc) is 2.20. The lowest BCUT2D eigenvalue weighted by molar-refractivity contribution is 0.630. The number of nitrogens with zero attached hydrogens (tertiary/aromatic N) is 1. The average molecular weight is 240 g/mol. The fourth-order valence-corrected chi connectivity index (χ4v) is 1.46. The summed E-state index contributed by atoms with van der Waals surface area (Å²) in [4.78, 5) is 3.62. The second kappa shape index (κ2) is 5.41. The smallest absolute Gasteiger partial charge is 0.200 e. The number of nitrogens with two attached hydrogens (primary N) is 2. The summed E-state index contributed by atoms with van der Waals surface area (Å²) >= 11 is 4.85. The monoisotopic (exact) mass is 240 g/mol. The summed E-state index contributed by atoms with van der Waals surface area (Å²) in [6, 6.07) is 4.80. The number of guanidine groups is 1. The van der Waals surface area contributed by atoms with Gasteiger partial charge < -0.3 is 16.8 Å². The third-order valence-electron chi connectivity index (χ3n) is 1.94. The van der Waals surface area contributed by atoms with E-state index < -0.39 is 0 Å². The molecule has 0 aliphatic carbocycles. The van der Waals surface area contributed by atoms with E-state index in [2.05, 4.69) is 10.3 Å². The molecule has 16 heavy (non-hydrogen) atoms. The maximum Gasteiger partial charge on any atom is 0.200 e. The van der Waals surface area contributed by atoms with Crippen LogP contribution in [-0.4, -0.2) is 11.1 Å². The molecule has 0 unspecified atom stereocenters. The molecular formula is C10H13FN4S. The third kappa shape index (κ3) is 3.16. The van der Waals surface area contributed by atoms with Gasteiger partial charge >= 0.3 is 0 Å². The predicted octanol–water partition coefficient (Wildman–Crippen LogP) is 1.36. The van der Waals surface area contributed by atoms with E-state index in [1.807, 2.05) is 13.0 Å². The summed E-state index contributed by atoms with van der Waals surface area (Å²) in [5.74, 6) is -0.542. The lowest BCUT2D eigenvalue weighted by Crippen LogP contribution is -2.25. The van der Waals surface area contributed by atoms with Crippen molar-refractivity contribution in [3.8, 4) is 0 Å². The first kappa shape index (κ1) is 12.4. The molecule has 4 nitrogen and oxygen atoms in total. The van der Waals surface area contributed by atoms with Crippen LogP contribution in [0.5, 0.6) is 0 Å². The molecule has 1 aromatic carbocycles. The Hall–Kier alpha value is -1.69. The second-order valence-electron chi connectivity index (χ2n) is 3.09. The highest BCUT2D eigenvalue weighted by Gasteiger charge is 2.08. The molecule has 0 radical (unpaired) electrons. The zero-order valence-electron chi connectivity index (χ0n) is 8.83. The van der Waals surface area contributed by atoms with E-state index in [-0.39, 0.29) is 16.9 Å². The van der Waals surface area contributed by atoms with Gasteiger partial charge in [-0.2, -0.15) is 4.99 Å². The Kier molecular flexibility index (Phi) is 4.19. The largest absolute Gasteiger partial charge is 0.370 e. The molecule has 0 fully saturated rings. The van der Waals surface area contributed by atoms with Crippen LogP contribution in [-0.2, 0) is 6.42 Å². The van der Waals surface area contributed by atoms with Crippen LogP contribution in [0.3, 0.4) is 0 Å². The van der Waals surface area contributed by atoms with Gasteiger partial charge in [0.05, 0.1) is 5.69 Å². The molecule has 86 valence electrons. The van der Waals surface area contributed by atoms with Crippen molar-refractivity contribution in [3.63, 3.8) is 0 Å². The molecule has 0 amide bonds. The molecule has 0 aromatic heterocycles. The van der Waals surface area contributed by atoms with E-state index >= 15 is 0 Å². The highest BCUT2D eigenvalue weighted by molar-refractivity contribution is 7.80. The minimum atomic E-state index is -0.382. The number of rotatable bonds is 2. The SMILES string of the molecule is CCc1cccc(F)c1NC(=S)N=C(N)N. The number of anilines is 1. The van der Waals surface area contributed by atoms with Crippen molar-refractivity contribution < 1.29 is 4.39 Å². The maximum atomic E-state index is 13.5. The van der Waals surface area contributed by atoms with Gasteiger partial charge in [-0.15, -0.1) is 0 Å². The van der Waals surface area contributed by atoms with Gasteiger partial charge in [0.2, 0.25) is 5.11 Å². The molecule has 0 aliphatic heterocycles. The van der Waals surface area contributed by atoms with Gasteiger partial charge in [0.15, 0.2) is 5.96 Å². The molecule has 0 spiro atoms. The van der Waals surface area contributed by atoms with Crippen molar-refractivity contribution in [1.29, 1.82) is 0 Å². The van der Waals surface area contributed by atoms with Crippen LogP contribution < -0.4 is 16.8 Å². The number of benzene rings is 1. The molecule has 0 saturated heterocycles. The lowest BCUT2D eigenvalue weighted by Gasteiger charge is -2.10. The van der Waals surface area contributed by atoms with Crippen LogP contribution in [0.25, 0.3) is 0 Å². The van der Waals surface area contributed by atoms with Gasteiger partial charge in [-0.05, 0) is 30.3 Å². The van der Waals surface area contributed by atoms with Gasteiger partial charge in [-0.25, -0.2) is 4.39 Å². The molecule has 0 atom stereocenters. The molecule has 0 heterocycles. The third-order valence-corrected chi connectivity index (χ3v) is 2.14. The highest BCUT2D eigenvalue weighted by atomic mass is 32.1. The van der Waals surface area contributed by atoms with E-state index in [9.17, 15) is 4.39 Å². The van der Waals surface area contributed by atoms with E-state index in [1.165, 1.54) is 6.07 Å².